The molecule has 0 radical (unpaired) electrons. The van der Waals surface area contributed by atoms with E-state index in [1.807, 2.05) is 6.92 Å². The zero-order valence-electron chi connectivity index (χ0n) is 8.34. The van der Waals surface area contributed by atoms with Crippen molar-refractivity contribution in [3.05, 3.63) is 27.7 Å². The first-order valence-corrected chi connectivity index (χ1v) is 5.63. The average Bonchev–Trinajstić information content (AvgIpc) is 2.13. The summed E-state index contributed by atoms with van der Waals surface area (Å²) in [4.78, 5) is 11.4. The minimum atomic E-state index is -0.388. The van der Waals surface area contributed by atoms with E-state index in [0.29, 0.717) is 15.7 Å². The number of thiol groups is 1. The van der Waals surface area contributed by atoms with Crippen molar-refractivity contribution in [2.45, 2.75) is 19.1 Å². The lowest BCUT2D eigenvalue weighted by Gasteiger charge is -2.10. The molecule has 1 aromatic carbocycles. The molecule has 0 aromatic heterocycles. The summed E-state index contributed by atoms with van der Waals surface area (Å²) in [6, 6.07) is 3.34. The number of aryl methyl sites for hydroxylation is 1. The fraction of sp³-hybridized carbons (Fsp3) is 0.300. The molecule has 0 aliphatic heterocycles. The van der Waals surface area contributed by atoms with Crippen molar-refractivity contribution >= 4 is 47.4 Å². The Bertz CT molecular complexity index is 393. The first-order chi connectivity index (χ1) is 6.91. The molecule has 1 atom stereocenters. The average molecular weight is 264 g/mol. The van der Waals surface area contributed by atoms with Crippen molar-refractivity contribution in [1.82, 2.24) is 0 Å². The minimum absolute atomic E-state index is 0.208. The Labute approximate surface area is 104 Å². The molecule has 0 bridgehead atoms. The molecule has 1 rings (SSSR count). The monoisotopic (exact) mass is 263 g/mol. The van der Waals surface area contributed by atoms with Crippen LogP contribution in [0.2, 0.25) is 10.0 Å². The summed E-state index contributed by atoms with van der Waals surface area (Å²) < 4.78 is 0. The molecular formula is C10H11Cl2NOS. The number of nitrogens with one attached hydrogen (secondary N) is 1. The molecule has 5 heteroatoms. The summed E-state index contributed by atoms with van der Waals surface area (Å²) in [5, 5.41) is 3.30. The maximum Gasteiger partial charge on any atom is 0.236 e. The highest BCUT2D eigenvalue weighted by atomic mass is 35.5. The van der Waals surface area contributed by atoms with Crippen LogP contribution in [0, 0.1) is 6.92 Å². The summed E-state index contributed by atoms with van der Waals surface area (Å²) in [5.41, 5.74) is 1.39. The van der Waals surface area contributed by atoms with Crippen LogP contribution >= 0.6 is 35.8 Å². The smallest absolute Gasteiger partial charge is 0.236 e. The first kappa shape index (κ1) is 12.7. The van der Waals surface area contributed by atoms with Crippen molar-refractivity contribution < 1.29 is 4.79 Å². The third-order valence-electron chi connectivity index (χ3n) is 1.89. The van der Waals surface area contributed by atoms with Crippen LogP contribution in [0.1, 0.15) is 12.5 Å². The molecule has 2 nitrogen and oxygen atoms in total. The first-order valence-electron chi connectivity index (χ1n) is 4.36. The van der Waals surface area contributed by atoms with Gasteiger partial charge in [0.1, 0.15) is 0 Å². The van der Waals surface area contributed by atoms with Gasteiger partial charge < -0.3 is 5.32 Å². The molecule has 15 heavy (non-hydrogen) atoms. The van der Waals surface area contributed by atoms with Crippen molar-refractivity contribution in [2.75, 3.05) is 5.32 Å². The predicted molar refractivity (Wildman–Crippen MR) is 68.3 cm³/mol. The summed E-state index contributed by atoms with van der Waals surface area (Å²) in [6.07, 6.45) is 0. The van der Waals surface area contributed by atoms with Crippen LogP contribution in [-0.4, -0.2) is 11.2 Å². The molecular weight excluding hydrogens is 253 g/mol. The Kier molecular flexibility index (Phi) is 4.32. The lowest BCUT2D eigenvalue weighted by Crippen LogP contribution is -2.20. The molecule has 0 saturated heterocycles. The van der Waals surface area contributed by atoms with E-state index in [-0.39, 0.29) is 11.2 Å². The Morgan fingerprint density at radius 1 is 1.40 bits per heavy atom. The molecule has 1 N–H and O–H groups in total. The van der Waals surface area contributed by atoms with Gasteiger partial charge >= 0.3 is 0 Å². The number of carbonyl (C=O) groups excluding carboxylic acids is 1. The second kappa shape index (κ2) is 5.10. The van der Waals surface area contributed by atoms with E-state index in [9.17, 15) is 4.79 Å². The van der Waals surface area contributed by atoms with E-state index in [1.54, 1.807) is 19.1 Å². The molecule has 1 aromatic rings. The van der Waals surface area contributed by atoms with Crippen LogP contribution < -0.4 is 5.32 Å². The van der Waals surface area contributed by atoms with Crippen molar-refractivity contribution in [3.8, 4) is 0 Å². The predicted octanol–water partition coefficient (Wildman–Crippen LogP) is 3.56. The summed E-state index contributed by atoms with van der Waals surface area (Å²) in [6.45, 7) is 3.53. The van der Waals surface area contributed by atoms with Crippen LogP contribution in [-0.2, 0) is 4.79 Å². The van der Waals surface area contributed by atoms with Crippen LogP contribution in [0.4, 0.5) is 5.69 Å². The van der Waals surface area contributed by atoms with Gasteiger partial charge in [-0.15, -0.1) is 0 Å². The molecule has 1 amide bonds. The van der Waals surface area contributed by atoms with Crippen molar-refractivity contribution in [2.24, 2.45) is 0 Å². The number of carbonyl (C=O) groups is 1. The highest BCUT2D eigenvalue weighted by Gasteiger charge is 2.11. The molecule has 0 fully saturated rings. The Morgan fingerprint density at radius 2 is 2.00 bits per heavy atom. The van der Waals surface area contributed by atoms with Gasteiger partial charge in [-0.1, -0.05) is 23.2 Å². The van der Waals surface area contributed by atoms with E-state index in [4.69, 9.17) is 23.2 Å². The van der Waals surface area contributed by atoms with Gasteiger partial charge in [-0.2, -0.15) is 12.6 Å². The van der Waals surface area contributed by atoms with Crippen molar-refractivity contribution in [1.29, 1.82) is 0 Å². The van der Waals surface area contributed by atoms with E-state index >= 15 is 0 Å². The third-order valence-corrected chi connectivity index (χ3v) is 2.84. The fourth-order valence-corrected chi connectivity index (χ4v) is 1.47. The maximum atomic E-state index is 11.4. The largest absolute Gasteiger partial charge is 0.324 e. The van der Waals surface area contributed by atoms with Crippen LogP contribution in [0.15, 0.2) is 12.1 Å². The minimum Gasteiger partial charge on any atom is -0.324 e. The maximum absolute atomic E-state index is 11.4. The molecule has 82 valence electrons. The van der Waals surface area contributed by atoms with Gasteiger partial charge in [0.2, 0.25) is 5.91 Å². The number of benzene rings is 1. The Hall–Kier alpha value is -0.380. The summed E-state index contributed by atoms with van der Waals surface area (Å²) in [7, 11) is 0. The van der Waals surface area contributed by atoms with Gasteiger partial charge in [-0.3, -0.25) is 4.79 Å². The number of amides is 1. The van der Waals surface area contributed by atoms with E-state index in [2.05, 4.69) is 17.9 Å². The zero-order chi connectivity index (χ0) is 11.6. The molecule has 0 saturated carbocycles. The number of rotatable bonds is 2. The quantitative estimate of drug-likeness (QED) is 0.786. The lowest BCUT2D eigenvalue weighted by atomic mass is 10.2. The SMILES string of the molecule is Cc1cc(Cl)c(NC(=O)C(C)S)cc1Cl. The number of hydrogen-bond acceptors (Lipinski definition) is 2. The Morgan fingerprint density at radius 3 is 2.53 bits per heavy atom. The van der Waals surface area contributed by atoms with Crippen molar-refractivity contribution in [3.63, 3.8) is 0 Å². The van der Waals surface area contributed by atoms with Crippen LogP contribution in [0.25, 0.3) is 0 Å². The van der Waals surface area contributed by atoms with E-state index in [0.717, 1.165) is 5.56 Å². The van der Waals surface area contributed by atoms with E-state index < -0.39 is 0 Å². The second-order valence-corrected chi connectivity index (χ2v) is 4.84. The number of anilines is 1. The molecule has 0 aliphatic carbocycles. The molecule has 0 spiro atoms. The summed E-state index contributed by atoms with van der Waals surface area (Å²) in [5.74, 6) is -0.208. The number of hydrogen-bond donors (Lipinski definition) is 2. The van der Waals surface area contributed by atoms with Gasteiger partial charge in [-0.25, -0.2) is 0 Å². The standard InChI is InChI=1S/C10H11Cl2NOS/c1-5-3-8(12)9(4-7(5)11)13-10(14)6(2)15/h3-4,6,15H,1-2H3,(H,13,14). The number of halogens is 2. The van der Waals surface area contributed by atoms with Crippen LogP contribution in [0.3, 0.4) is 0 Å². The van der Waals surface area contributed by atoms with Gasteiger partial charge in [-0.05, 0) is 31.5 Å². The highest BCUT2D eigenvalue weighted by molar-refractivity contribution is 7.81. The normalized spacial score (nSPS) is 12.3. The third kappa shape index (κ3) is 3.30. The molecule has 0 aliphatic rings. The molecule has 1 unspecified atom stereocenters. The van der Waals surface area contributed by atoms with Gasteiger partial charge in [0.15, 0.2) is 0 Å². The van der Waals surface area contributed by atoms with E-state index in [1.165, 1.54) is 0 Å². The lowest BCUT2D eigenvalue weighted by molar-refractivity contribution is -0.115. The van der Waals surface area contributed by atoms with Gasteiger partial charge in [0.25, 0.3) is 0 Å². The van der Waals surface area contributed by atoms with Gasteiger partial charge in [0, 0.05) is 5.02 Å². The fourth-order valence-electron chi connectivity index (χ4n) is 0.979. The second-order valence-electron chi connectivity index (χ2n) is 3.25. The Balaban J connectivity index is 2.96. The van der Waals surface area contributed by atoms with Crippen LogP contribution in [0.5, 0.6) is 0 Å². The molecule has 0 heterocycles. The van der Waals surface area contributed by atoms with Gasteiger partial charge in [0.05, 0.1) is 16.0 Å². The zero-order valence-corrected chi connectivity index (χ0v) is 10.7. The highest BCUT2D eigenvalue weighted by Crippen LogP contribution is 2.28. The summed E-state index contributed by atoms with van der Waals surface area (Å²) >= 11 is 15.9. The topological polar surface area (TPSA) is 29.1 Å².